The van der Waals surface area contributed by atoms with Gasteiger partial charge in [-0.2, -0.15) is 0 Å². The highest BCUT2D eigenvalue weighted by molar-refractivity contribution is 6.32. The second-order valence-electron chi connectivity index (χ2n) is 5.00. The van der Waals surface area contributed by atoms with Crippen molar-refractivity contribution >= 4 is 23.2 Å². The molecular formula is C12H18ClN3O. The van der Waals surface area contributed by atoms with Gasteiger partial charge in [0.1, 0.15) is 0 Å². The molecule has 0 aliphatic rings. The van der Waals surface area contributed by atoms with E-state index in [9.17, 15) is 4.79 Å². The molecule has 0 fully saturated rings. The number of rotatable bonds is 3. The lowest BCUT2D eigenvalue weighted by Crippen LogP contribution is -2.41. The zero-order valence-electron chi connectivity index (χ0n) is 10.6. The lowest BCUT2D eigenvalue weighted by Gasteiger charge is -2.20. The summed E-state index contributed by atoms with van der Waals surface area (Å²) in [5.41, 5.74) is 1.41. The molecule has 1 heterocycles. The van der Waals surface area contributed by atoms with Crippen LogP contribution in [0.1, 0.15) is 26.3 Å². The zero-order valence-corrected chi connectivity index (χ0v) is 11.4. The molecule has 1 amide bonds. The summed E-state index contributed by atoms with van der Waals surface area (Å²) in [5.74, 6) is -0.130. The number of aryl methyl sites for hydroxylation is 1. The predicted octanol–water partition coefficient (Wildman–Crippen LogP) is 2.37. The molecule has 0 saturated heterocycles. The fourth-order valence-corrected chi connectivity index (χ4v) is 1.33. The minimum Gasteiger partial charge on any atom is -0.322 e. The van der Waals surface area contributed by atoms with E-state index in [1.807, 2.05) is 27.7 Å². The van der Waals surface area contributed by atoms with Crippen LogP contribution >= 0.6 is 11.6 Å². The number of hydrogen-bond donors (Lipinski definition) is 2. The quantitative estimate of drug-likeness (QED) is 0.816. The third-order valence-electron chi connectivity index (χ3n) is 2.03. The number of anilines is 1. The molecule has 94 valence electrons. The molecule has 2 N–H and O–H groups in total. The van der Waals surface area contributed by atoms with E-state index < -0.39 is 0 Å². The van der Waals surface area contributed by atoms with E-state index in [4.69, 9.17) is 11.6 Å². The first-order chi connectivity index (χ1) is 7.78. The fourth-order valence-electron chi connectivity index (χ4n) is 1.18. The van der Waals surface area contributed by atoms with Crippen molar-refractivity contribution in [3.8, 4) is 0 Å². The molecule has 0 spiro atoms. The molecule has 0 saturated carbocycles. The number of nitrogens with zero attached hydrogens (tertiary/aromatic N) is 1. The number of halogens is 1. The van der Waals surface area contributed by atoms with Crippen LogP contribution in [0, 0.1) is 6.92 Å². The van der Waals surface area contributed by atoms with Crippen molar-refractivity contribution < 1.29 is 4.79 Å². The Morgan fingerprint density at radius 2 is 2.12 bits per heavy atom. The number of hydrogen-bond acceptors (Lipinski definition) is 3. The largest absolute Gasteiger partial charge is 0.322 e. The van der Waals surface area contributed by atoms with Gasteiger partial charge >= 0.3 is 0 Å². The Balaban J connectivity index is 2.59. The van der Waals surface area contributed by atoms with Crippen LogP contribution in [0.15, 0.2) is 12.3 Å². The molecule has 17 heavy (non-hydrogen) atoms. The molecule has 0 aliphatic heterocycles. The Bertz CT molecular complexity index is 413. The maximum atomic E-state index is 11.7. The maximum Gasteiger partial charge on any atom is 0.238 e. The molecule has 1 aromatic rings. The van der Waals surface area contributed by atoms with Gasteiger partial charge < -0.3 is 10.6 Å². The van der Waals surface area contributed by atoms with Crippen LogP contribution in [0.3, 0.4) is 0 Å². The summed E-state index contributed by atoms with van der Waals surface area (Å²) in [6, 6.07) is 1.80. The predicted molar refractivity (Wildman–Crippen MR) is 70.4 cm³/mol. The molecule has 0 aromatic carbocycles. The molecule has 0 atom stereocenters. The average molecular weight is 256 g/mol. The lowest BCUT2D eigenvalue weighted by atomic mass is 10.1. The van der Waals surface area contributed by atoms with Crippen LogP contribution < -0.4 is 10.6 Å². The van der Waals surface area contributed by atoms with Crippen molar-refractivity contribution in [2.75, 3.05) is 11.9 Å². The van der Waals surface area contributed by atoms with Crippen molar-refractivity contribution in [3.05, 3.63) is 23.0 Å². The van der Waals surface area contributed by atoms with Crippen molar-refractivity contribution in [2.24, 2.45) is 0 Å². The third-order valence-corrected chi connectivity index (χ3v) is 2.33. The Labute approximate surface area is 107 Å². The first-order valence-corrected chi connectivity index (χ1v) is 5.83. The van der Waals surface area contributed by atoms with Gasteiger partial charge in [-0.1, -0.05) is 11.6 Å². The topological polar surface area (TPSA) is 54.0 Å². The summed E-state index contributed by atoms with van der Waals surface area (Å²) in [6.45, 7) is 8.14. The van der Waals surface area contributed by atoms with Gasteiger partial charge in [0, 0.05) is 11.7 Å². The minimum atomic E-state index is -0.130. The number of nitrogens with one attached hydrogen (secondary N) is 2. The van der Waals surface area contributed by atoms with E-state index in [1.54, 1.807) is 12.3 Å². The van der Waals surface area contributed by atoms with Crippen LogP contribution in [0.2, 0.25) is 5.15 Å². The summed E-state index contributed by atoms with van der Waals surface area (Å²) in [7, 11) is 0. The van der Waals surface area contributed by atoms with Crippen LogP contribution in [0.4, 0.5) is 5.69 Å². The van der Waals surface area contributed by atoms with Gasteiger partial charge in [0.15, 0.2) is 5.15 Å². The van der Waals surface area contributed by atoms with Crippen molar-refractivity contribution in [1.82, 2.24) is 10.3 Å². The summed E-state index contributed by atoms with van der Waals surface area (Å²) in [5, 5.41) is 6.13. The number of aromatic nitrogens is 1. The van der Waals surface area contributed by atoms with Gasteiger partial charge in [0.05, 0.1) is 12.2 Å². The van der Waals surface area contributed by atoms with Crippen LogP contribution in [-0.2, 0) is 4.79 Å². The number of carbonyl (C=O) groups is 1. The van der Waals surface area contributed by atoms with Crippen LogP contribution in [0.5, 0.6) is 0 Å². The second-order valence-corrected chi connectivity index (χ2v) is 5.36. The van der Waals surface area contributed by atoms with Crippen LogP contribution in [0.25, 0.3) is 0 Å². The molecular weight excluding hydrogens is 238 g/mol. The van der Waals surface area contributed by atoms with E-state index in [2.05, 4.69) is 15.6 Å². The highest BCUT2D eigenvalue weighted by Crippen LogP contribution is 2.19. The van der Waals surface area contributed by atoms with E-state index in [1.165, 1.54) is 0 Å². The molecule has 1 rings (SSSR count). The average Bonchev–Trinajstić information content (AvgIpc) is 2.20. The highest BCUT2D eigenvalue weighted by atomic mass is 35.5. The molecule has 0 bridgehead atoms. The van der Waals surface area contributed by atoms with Gasteiger partial charge in [0.2, 0.25) is 5.91 Å². The Morgan fingerprint density at radius 3 is 2.71 bits per heavy atom. The minimum absolute atomic E-state index is 0.0913. The Kier molecular flexibility index (Phi) is 4.48. The van der Waals surface area contributed by atoms with Gasteiger partial charge in [0.25, 0.3) is 0 Å². The van der Waals surface area contributed by atoms with Crippen LogP contribution in [-0.4, -0.2) is 23.0 Å². The fraction of sp³-hybridized carbons (Fsp3) is 0.500. The second kappa shape index (κ2) is 5.47. The Morgan fingerprint density at radius 1 is 1.47 bits per heavy atom. The monoisotopic (exact) mass is 255 g/mol. The first kappa shape index (κ1) is 13.9. The third kappa shape index (κ3) is 5.15. The van der Waals surface area contributed by atoms with E-state index in [0.29, 0.717) is 10.8 Å². The van der Waals surface area contributed by atoms with Gasteiger partial charge in [-0.15, -0.1) is 0 Å². The summed E-state index contributed by atoms with van der Waals surface area (Å²) < 4.78 is 0. The maximum absolute atomic E-state index is 11.7. The van der Waals surface area contributed by atoms with E-state index in [-0.39, 0.29) is 18.0 Å². The Hall–Kier alpha value is -1.13. The number of amides is 1. The smallest absolute Gasteiger partial charge is 0.238 e. The van der Waals surface area contributed by atoms with Gasteiger partial charge in [-0.25, -0.2) is 4.98 Å². The van der Waals surface area contributed by atoms with Crippen molar-refractivity contribution in [3.63, 3.8) is 0 Å². The number of carbonyl (C=O) groups excluding carboxylic acids is 1. The van der Waals surface area contributed by atoms with E-state index in [0.717, 1.165) is 5.56 Å². The number of pyridine rings is 1. The molecule has 0 radical (unpaired) electrons. The standard InChI is InChI=1S/C12H18ClN3O/c1-8-5-9(11(13)14-6-8)16-10(17)7-15-12(2,3)4/h5-6,15H,7H2,1-4H3,(H,16,17). The summed E-state index contributed by atoms with van der Waals surface area (Å²) >= 11 is 5.88. The molecule has 0 aliphatic carbocycles. The van der Waals surface area contributed by atoms with Gasteiger partial charge in [-0.05, 0) is 39.3 Å². The molecule has 1 aromatic heterocycles. The molecule has 5 heteroatoms. The normalized spacial score (nSPS) is 11.4. The molecule has 4 nitrogen and oxygen atoms in total. The van der Waals surface area contributed by atoms with Crippen molar-refractivity contribution in [2.45, 2.75) is 33.2 Å². The lowest BCUT2D eigenvalue weighted by molar-refractivity contribution is -0.115. The summed E-state index contributed by atoms with van der Waals surface area (Å²) in [4.78, 5) is 15.6. The summed E-state index contributed by atoms with van der Waals surface area (Å²) in [6.07, 6.45) is 1.66. The van der Waals surface area contributed by atoms with Gasteiger partial charge in [-0.3, -0.25) is 4.79 Å². The highest BCUT2D eigenvalue weighted by Gasteiger charge is 2.12. The van der Waals surface area contributed by atoms with Crippen molar-refractivity contribution in [1.29, 1.82) is 0 Å². The zero-order chi connectivity index (χ0) is 13.1. The van der Waals surface area contributed by atoms with E-state index >= 15 is 0 Å². The molecule has 0 unspecified atom stereocenters. The SMILES string of the molecule is Cc1cnc(Cl)c(NC(=O)CNC(C)(C)C)c1. The first-order valence-electron chi connectivity index (χ1n) is 5.45.